The number of sulfone groups is 1. The maximum atomic E-state index is 11.8. The second-order valence-corrected chi connectivity index (χ2v) is 8.18. The molecule has 2 heterocycles. The predicted octanol–water partition coefficient (Wildman–Crippen LogP) is 1.46. The van der Waals surface area contributed by atoms with Crippen molar-refractivity contribution < 1.29 is 8.42 Å². The summed E-state index contributed by atoms with van der Waals surface area (Å²) in [5.74, 6) is 0.730. The van der Waals surface area contributed by atoms with Crippen LogP contribution in [0.2, 0.25) is 0 Å². The van der Waals surface area contributed by atoms with E-state index in [0.29, 0.717) is 18.8 Å². The summed E-state index contributed by atoms with van der Waals surface area (Å²) in [5, 5.41) is 18.1. The van der Waals surface area contributed by atoms with Gasteiger partial charge in [0.15, 0.2) is 15.7 Å². The molecule has 24 heavy (non-hydrogen) atoms. The van der Waals surface area contributed by atoms with Crippen molar-refractivity contribution >= 4 is 15.7 Å². The SMILES string of the molecule is CCN(c1nn(-c2ccc(C)cc2)nc1C#N)C1CCS(=O)(=O)C1. The molecule has 3 rings (SSSR count). The molecule has 7 nitrogen and oxygen atoms in total. The smallest absolute Gasteiger partial charge is 0.207 e. The summed E-state index contributed by atoms with van der Waals surface area (Å²) in [6, 6.07) is 9.58. The summed E-state index contributed by atoms with van der Waals surface area (Å²) in [6.07, 6.45) is 0.554. The van der Waals surface area contributed by atoms with Gasteiger partial charge in [-0.3, -0.25) is 0 Å². The van der Waals surface area contributed by atoms with Crippen molar-refractivity contribution in [2.45, 2.75) is 26.3 Å². The molecule has 2 aromatic rings. The van der Waals surface area contributed by atoms with E-state index in [4.69, 9.17) is 0 Å². The fourth-order valence-electron chi connectivity index (χ4n) is 2.96. The van der Waals surface area contributed by atoms with E-state index in [1.54, 1.807) is 0 Å². The van der Waals surface area contributed by atoms with Gasteiger partial charge >= 0.3 is 0 Å². The van der Waals surface area contributed by atoms with E-state index in [1.165, 1.54) is 4.80 Å². The number of aryl methyl sites for hydroxylation is 1. The van der Waals surface area contributed by atoms with Crippen LogP contribution >= 0.6 is 0 Å². The number of nitrogens with zero attached hydrogens (tertiary/aromatic N) is 5. The highest BCUT2D eigenvalue weighted by atomic mass is 32.2. The van der Waals surface area contributed by atoms with E-state index in [9.17, 15) is 13.7 Å². The van der Waals surface area contributed by atoms with Gasteiger partial charge in [-0.05, 0) is 32.4 Å². The van der Waals surface area contributed by atoms with E-state index in [2.05, 4.69) is 16.3 Å². The summed E-state index contributed by atoms with van der Waals surface area (Å²) in [6.45, 7) is 4.49. The first kappa shape index (κ1) is 16.5. The van der Waals surface area contributed by atoms with Crippen LogP contribution < -0.4 is 4.90 Å². The molecule has 126 valence electrons. The van der Waals surface area contributed by atoms with Crippen LogP contribution in [-0.4, -0.2) is 47.5 Å². The van der Waals surface area contributed by atoms with Crippen molar-refractivity contribution in [2.24, 2.45) is 0 Å². The first-order valence-electron chi connectivity index (χ1n) is 7.85. The Labute approximate surface area is 141 Å². The molecular weight excluding hydrogens is 326 g/mol. The molecule has 1 aromatic carbocycles. The fraction of sp³-hybridized carbons (Fsp3) is 0.438. The second-order valence-electron chi connectivity index (χ2n) is 5.95. The fourth-order valence-corrected chi connectivity index (χ4v) is 4.69. The highest BCUT2D eigenvalue weighted by molar-refractivity contribution is 7.91. The monoisotopic (exact) mass is 345 g/mol. The van der Waals surface area contributed by atoms with Crippen molar-refractivity contribution in [3.63, 3.8) is 0 Å². The third kappa shape index (κ3) is 3.12. The number of aromatic nitrogens is 3. The van der Waals surface area contributed by atoms with Gasteiger partial charge in [0.25, 0.3) is 0 Å². The van der Waals surface area contributed by atoms with E-state index < -0.39 is 9.84 Å². The topological polar surface area (TPSA) is 91.9 Å². The van der Waals surface area contributed by atoms with Crippen LogP contribution in [0.15, 0.2) is 24.3 Å². The minimum absolute atomic E-state index is 0.100. The standard InChI is InChI=1S/C16H19N5O2S/c1-3-20(14-8-9-24(22,23)11-14)16-15(10-17)18-21(19-16)13-6-4-12(2)5-7-13/h4-7,14H,3,8-9,11H2,1-2H3. The molecule has 0 amide bonds. The van der Waals surface area contributed by atoms with Crippen LogP contribution in [0.4, 0.5) is 5.82 Å². The number of benzene rings is 1. The van der Waals surface area contributed by atoms with Crippen LogP contribution in [0.3, 0.4) is 0 Å². The van der Waals surface area contributed by atoms with Gasteiger partial charge in [0, 0.05) is 12.6 Å². The Morgan fingerprint density at radius 1 is 1.33 bits per heavy atom. The van der Waals surface area contributed by atoms with Crippen LogP contribution in [0.25, 0.3) is 5.69 Å². The zero-order valence-corrected chi connectivity index (χ0v) is 14.5. The largest absolute Gasteiger partial charge is 0.349 e. The molecule has 0 bridgehead atoms. The molecule has 0 N–H and O–H groups in total. The van der Waals surface area contributed by atoms with Gasteiger partial charge in [-0.15, -0.1) is 15.0 Å². The van der Waals surface area contributed by atoms with E-state index in [-0.39, 0.29) is 23.2 Å². The molecular formula is C16H19N5O2S. The van der Waals surface area contributed by atoms with Gasteiger partial charge in [-0.2, -0.15) is 5.26 Å². The van der Waals surface area contributed by atoms with E-state index >= 15 is 0 Å². The van der Waals surface area contributed by atoms with E-state index in [1.807, 2.05) is 43.0 Å². The first-order chi connectivity index (χ1) is 11.4. The molecule has 1 aliphatic rings. The lowest BCUT2D eigenvalue weighted by Crippen LogP contribution is -2.37. The predicted molar refractivity (Wildman–Crippen MR) is 90.9 cm³/mol. The lowest BCUT2D eigenvalue weighted by atomic mass is 10.2. The number of hydrogen-bond donors (Lipinski definition) is 0. The molecule has 1 aromatic heterocycles. The molecule has 0 saturated carbocycles. The van der Waals surface area contributed by atoms with Crippen molar-refractivity contribution in [3.8, 4) is 11.8 Å². The summed E-state index contributed by atoms with van der Waals surface area (Å²) >= 11 is 0. The lowest BCUT2D eigenvalue weighted by molar-refractivity contribution is 0.599. The van der Waals surface area contributed by atoms with Crippen molar-refractivity contribution in [1.82, 2.24) is 15.0 Å². The molecule has 1 saturated heterocycles. The average molecular weight is 345 g/mol. The molecule has 0 spiro atoms. The minimum Gasteiger partial charge on any atom is -0.349 e. The number of rotatable bonds is 4. The zero-order valence-electron chi connectivity index (χ0n) is 13.7. The maximum absolute atomic E-state index is 11.8. The molecule has 1 unspecified atom stereocenters. The van der Waals surface area contributed by atoms with Gasteiger partial charge in [0.1, 0.15) is 6.07 Å². The van der Waals surface area contributed by atoms with Crippen LogP contribution in [0, 0.1) is 18.3 Å². The summed E-state index contributed by atoms with van der Waals surface area (Å²) in [7, 11) is -3.01. The van der Waals surface area contributed by atoms with Crippen molar-refractivity contribution in [1.29, 1.82) is 5.26 Å². The number of nitriles is 1. The van der Waals surface area contributed by atoms with Crippen LogP contribution in [0.5, 0.6) is 0 Å². The normalized spacial score (nSPS) is 19.1. The highest BCUT2D eigenvalue weighted by Crippen LogP contribution is 2.25. The Morgan fingerprint density at radius 3 is 2.58 bits per heavy atom. The van der Waals surface area contributed by atoms with Gasteiger partial charge in [0.05, 0.1) is 17.2 Å². The number of anilines is 1. The lowest BCUT2D eigenvalue weighted by Gasteiger charge is -2.26. The molecule has 1 fully saturated rings. The summed E-state index contributed by atoms with van der Waals surface area (Å²) < 4.78 is 23.5. The Kier molecular flexibility index (Phi) is 4.28. The Bertz CT molecular complexity index is 880. The zero-order chi connectivity index (χ0) is 17.3. The quantitative estimate of drug-likeness (QED) is 0.833. The third-order valence-corrected chi connectivity index (χ3v) is 5.98. The molecule has 1 atom stereocenters. The van der Waals surface area contributed by atoms with Gasteiger partial charge in [-0.1, -0.05) is 17.7 Å². The molecule has 8 heteroatoms. The van der Waals surface area contributed by atoms with Crippen molar-refractivity contribution in [3.05, 3.63) is 35.5 Å². The van der Waals surface area contributed by atoms with Gasteiger partial charge < -0.3 is 4.90 Å². The van der Waals surface area contributed by atoms with Gasteiger partial charge in [-0.25, -0.2) is 8.42 Å². The number of hydrogen-bond acceptors (Lipinski definition) is 6. The molecule has 0 radical (unpaired) electrons. The second kappa shape index (κ2) is 6.24. The molecule has 0 aliphatic carbocycles. The Hall–Kier alpha value is -2.40. The average Bonchev–Trinajstić information content (AvgIpc) is 3.13. The highest BCUT2D eigenvalue weighted by Gasteiger charge is 2.34. The van der Waals surface area contributed by atoms with Crippen LogP contribution in [-0.2, 0) is 9.84 Å². The first-order valence-corrected chi connectivity index (χ1v) is 9.67. The Morgan fingerprint density at radius 2 is 2.04 bits per heavy atom. The van der Waals surface area contributed by atoms with E-state index in [0.717, 1.165) is 11.3 Å². The third-order valence-electron chi connectivity index (χ3n) is 4.23. The molecule has 1 aliphatic heterocycles. The van der Waals surface area contributed by atoms with Gasteiger partial charge in [0.2, 0.25) is 5.69 Å². The summed E-state index contributed by atoms with van der Waals surface area (Å²) in [4.78, 5) is 3.31. The summed E-state index contributed by atoms with van der Waals surface area (Å²) in [5.41, 5.74) is 2.10. The van der Waals surface area contributed by atoms with Crippen molar-refractivity contribution in [2.75, 3.05) is 23.0 Å². The Balaban J connectivity index is 1.97. The maximum Gasteiger partial charge on any atom is 0.207 e. The van der Waals surface area contributed by atoms with Crippen LogP contribution in [0.1, 0.15) is 24.6 Å². The minimum atomic E-state index is -3.01.